The van der Waals surface area contributed by atoms with E-state index in [1.165, 1.54) is 31.6 Å². The SMILES string of the molecule is CCNC(=NCc1nc(C(C)C)cs1)NCC1CCCN(C)C1.I. The minimum absolute atomic E-state index is 0. The summed E-state index contributed by atoms with van der Waals surface area (Å²) < 4.78 is 0. The lowest BCUT2D eigenvalue weighted by atomic mass is 9.99. The molecule has 5 nitrogen and oxygen atoms in total. The number of nitrogens with one attached hydrogen (secondary N) is 2. The molecule has 0 aliphatic carbocycles. The van der Waals surface area contributed by atoms with Gasteiger partial charge in [-0.1, -0.05) is 13.8 Å². The second kappa shape index (κ2) is 11.3. The topological polar surface area (TPSA) is 52.6 Å². The molecule has 1 saturated heterocycles. The van der Waals surface area contributed by atoms with Gasteiger partial charge in [0.25, 0.3) is 0 Å². The summed E-state index contributed by atoms with van der Waals surface area (Å²) in [6.07, 6.45) is 2.61. The van der Waals surface area contributed by atoms with Crippen LogP contribution in [0.15, 0.2) is 10.4 Å². The molecule has 2 rings (SSSR count). The zero-order valence-electron chi connectivity index (χ0n) is 15.3. The summed E-state index contributed by atoms with van der Waals surface area (Å²) in [5, 5.41) is 10.1. The van der Waals surface area contributed by atoms with E-state index in [1.54, 1.807) is 11.3 Å². The first kappa shape index (κ1) is 21.6. The lowest BCUT2D eigenvalue weighted by Crippen LogP contribution is -2.43. The Bertz CT molecular complexity index is 503. The van der Waals surface area contributed by atoms with Crippen LogP contribution in [0.4, 0.5) is 0 Å². The third-order valence-electron chi connectivity index (χ3n) is 4.16. The Morgan fingerprint density at radius 2 is 2.25 bits per heavy atom. The Morgan fingerprint density at radius 1 is 1.46 bits per heavy atom. The number of halogens is 1. The lowest BCUT2D eigenvalue weighted by molar-refractivity contribution is 0.210. The highest BCUT2D eigenvalue weighted by Crippen LogP contribution is 2.18. The van der Waals surface area contributed by atoms with Gasteiger partial charge in [-0.15, -0.1) is 35.3 Å². The highest BCUT2D eigenvalue weighted by Gasteiger charge is 2.17. The van der Waals surface area contributed by atoms with Crippen molar-refractivity contribution in [1.29, 1.82) is 0 Å². The molecule has 0 saturated carbocycles. The van der Waals surface area contributed by atoms with E-state index < -0.39 is 0 Å². The molecule has 0 aromatic carbocycles. The normalized spacial score (nSPS) is 19.2. The third-order valence-corrected chi connectivity index (χ3v) is 5.01. The lowest BCUT2D eigenvalue weighted by Gasteiger charge is -2.30. The van der Waals surface area contributed by atoms with Gasteiger partial charge in [-0.3, -0.25) is 0 Å². The minimum Gasteiger partial charge on any atom is -0.357 e. The van der Waals surface area contributed by atoms with Crippen LogP contribution in [0.25, 0.3) is 0 Å². The van der Waals surface area contributed by atoms with E-state index in [0.717, 1.165) is 24.1 Å². The molecule has 1 unspecified atom stereocenters. The maximum absolute atomic E-state index is 4.69. The molecule has 1 aromatic rings. The van der Waals surface area contributed by atoms with Crippen molar-refractivity contribution in [3.05, 3.63) is 16.1 Å². The van der Waals surface area contributed by atoms with Gasteiger partial charge in [0.1, 0.15) is 5.01 Å². The van der Waals surface area contributed by atoms with Crippen molar-refractivity contribution in [2.24, 2.45) is 10.9 Å². The van der Waals surface area contributed by atoms with E-state index in [-0.39, 0.29) is 24.0 Å². The van der Waals surface area contributed by atoms with Crippen molar-refractivity contribution in [3.8, 4) is 0 Å². The van der Waals surface area contributed by atoms with Gasteiger partial charge in [0.15, 0.2) is 5.96 Å². The van der Waals surface area contributed by atoms with Gasteiger partial charge in [-0.05, 0) is 45.2 Å². The quantitative estimate of drug-likeness (QED) is 0.385. The van der Waals surface area contributed by atoms with E-state index in [2.05, 4.69) is 58.7 Å². The second-order valence-electron chi connectivity index (χ2n) is 6.67. The summed E-state index contributed by atoms with van der Waals surface area (Å²) in [4.78, 5) is 11.8. The van der Waals surface area contributed by atoms with Crippen LogP contribution in [0.1, 0.15) is 50.2 Å². The molecule has 0 spiro atoms. The standard InChI is InChI=1S/C17H31N5S.HI/c1-5-18-17(19-9-14-7-6-8-22(4)11-14)20-10-16-21-15(12-23-16)13(2)3;/h12-14H,5-11H2,1-4H3,(H2,18,19,20);1H. The van der Waals surface area contributed by atoms with Crippen molar-refractivity contribution in [1.82, 2.24) is 20.5 Å². The number of thiazole rings is 1. The molecule has 0 bridgehead atoms. The van der Waals surface area contributed by atoms with Crippen LogP contribution in [-0.2, 0) is 6.54 Å². The van der Waals surface area contributed by atoms with Crippen LogP contribution in [0.2, 0.25) is 0 Å². The van der Waals surface area contributed by atoms with Gasteiger partial charge in [0.2, 0.25) is 0 Å². The number of rotatable bonds is 6. The Hall–Kier alpha value is -0.410. The first-order valence-corrected chi connectivity index (χ1v) is 9.61. The van der Waals surface area contributed by atoms with Gasteiger partial charge in [0, 0.05) is 25.0 Å². The number of aromatic nitrogens is 1. The summed E-state index contributed by atoms with van der Waals surface area (Å²) in [6, 6.07) is 0. The van der Waals surface area contributed by atoms with E-state index in [4.69, 9.17) is 0 Å². The number of hydrogen-bond acceptors (Lipinski definition) is 4. The van der Waals surface area contributed by atoms with Gasteiger partial charge in [0.05, 0.1) is 12.2 Å². The van der Waals surface area contributed by atoms with Crippen molar-refractivity contribution < 1.29 is 0 Å². The average Bonchev–Trinajstić information content (AvgIpc) is 2.99. The predicted octanol–water partition coefficient (Wildman–Crippen LogP) is 3.28. The number of guanidine groups is 1. The fourth-order valence-corrected chi connectivity index (χ4v) is 3.71. The minimum atomic E-state index is 0. The third kappa shape index (κ3) is 7.23. The van der Waals surface area contributed by atoms with Gasteiger partial charge in [-0.2, -0.15) is 0 Å². The first-order valence-electron chi connectivity index (χ1n) is 8.73. The summed E-state index contributed by atoms with van der Waals surface area (Å²) in [5.74, 6) is 2.10. The van der Waals surface area contributed by atoms with Crippen molar-refractivity contribution >= 4 is 41.3 Å². The fourth-order valence-electron chi connectivity index (χ4n) is 2.83. The molecule has 1 aromatic heterocycles. The van der Waals surface area contributed by atoms with Crippen LogP contribution in [0.3, 0.4) is 0 Å². The molecular weight excluding hydrogens is 433 g/mol. The number of piperidine rings is 1. The molecule has 1 atom stereocenters. The summed E-state index contributed by atoms with van der Waals surface area (Å²) >= 11 is 1.70. The van der Waals surface area contributed by atoms with E-state index in [9.17, 15) is 0 Å². The summed E-state index contributed by atoms with van der Waals surface area (Å²) in [7, 11) is 2.21. The molecule has 1 aliphatic rings. The summed E-state index contributed by atoms with van der Waals surface area (Å²) in [6.45, 7) is 11.4. The fraction of sp³-hybridized carbons (Fsp3) is 0.765. The second-order valence-corrected chi connectivity index (χ2v) is 7.61. The molecule has 24 heavy (non-hydrogen) atoms. The molecule has 2 N–H and O–H groups in total. The van der Waals surface area contributed by atoms with Crippen molar-refractivity contribution in [2.45, 2.75) is 46.1 Å². The largest absolute Gasteiger partial charge is 0.357 e. The average molecular weight is 465 g/mol. The zero-order valence-corrected chi connectivity index (χ0v) is 18.5. The van der Waals surface area contributed by atoms with Gasteiger partial charge >= 0.3 is 0 Å². The molecule has 1 aliphatic heterocycles. The molecule has 0 amide bonds. The van der Waals surface area contributed by atoms with Gasteiger partial charge in [-0.25, -0.2) is 9.98 Å². The molecule has 138 valence electrons. The highest BCUT2D eigenvalue weighted by atomic mass is 127. The molecule has 1 fully saturated rings. The van der Waals surface area contributed by atoms with Crippen molar-refractivity contribution in [3.63, 3.8) is 0 Å². The molecular formula is C17H32IN5S. The van der Waals surface area contributed by atoms with Crippen LogP contribution in [0, 0.1) is 5.92 Å². The monoisotopic (exact) mass is 465 g/mol. The Balaban J connectivity index is 0.00000288. The van der Waals surface area contributed by atoms with Crippen LogP contribution < -0.4 is 10.6 Å². The van der Waals surface area contributed by atoms with Crippen LogP contribution in [-0.4, -0.2) is 49.1 Å². The molecule has 7 heteroatoms. The maximum Gasteiger partial charge on any atom is 0.191 e. The van der Waals surface area contributed by atoms with E-state index in [0.29, 0.717) is 18.4 Å². The number of aliphatic imine (C=N–C) groups is 1. The zero-order chi connectivity index (χ0) is 16.7. The summed E-state index contributed by atoms with van der Waals surface area (Å²) in [5.41, 5.74) is 1.17. The Kier molecular flexibility index (Phi) is 10.1. The van der Waals surface area contributed by atoms with Crippen LogP contribution in [0.5, 0.6) is 0 Å². The highest BCUT2D eigenvalue weighted by molar-refractivity contribution is 14.0. The first-order chi connectivity index (χ1) is 11.1. The number of likely N-dealkylation sites (tertiary alicyclic amines) is 1. The smallest absolute Gasteiger partial charge is 0.191 e. The Morgan fingerprint density at radius 3 is 2.88 bits per heavy atom. The number of hydrogen-bond donors (Lipinski definition) is 2. The van der Waals surface area contributed by atoms with E-state index >= 15 is 0 Å². The van der Waals surface area contributed by atoms with E-state index in [1.807, 2.05) is 0 Å². The van der Waals surface area contributed by atoms with Crippen molar-refractivity contribution in [2.75, 3.05) is 33.2 Å². The Labute approximate surface area is 167 Å². The predicted molar refractivity (Wildman–Crippen MR) is 115 cm³/mol. The maximum atomic E-state index is 4.69. The van der Waals surface area contributed by atoms with Crippen LogP contribution >= 0.6 is 35.3 Å². The molecule has 2 heterocycles. The molecule has 0 radical (unpaired) electrons. The number of nitrogens with zero attached hydrogens (tertiary/aromatic N) is 3. The van der Waals surface area contributed by atoms with Gasteiger partial charge < -0.3 is 15.5 Å².